The van der Waals surface area contributed by atoms with Crippen molar-refractivity contribution >= 4 is 27.5 Å². The van der Waals surface area contributed by atoms with E-state index in [1.165, 1.54) is 15.8 Å². The summed E-state index contributed by atoms with van der Waals surface area (Å²) in [6, 6.07) is 15.7. The van der Waals surface area contributed by atoms with Crippen molar-refractivity contribution in [1.29, 1.82) is 0 Å². The lowest BCUT2D eigenvalue weighted by atomic mass is 10.2. The molecule has 1 fully saturated rings. The molecule has 0 bridgehead atoms. The summed E-state index contributed by atoms with van der Waals surface area (Å²) in [7, 11) is -3.52. The van der Waals surface area contributed by atoms with Crippen LogP contribution in [0.5, 0.6) is 0 Å². The van der Waals surface area contributed by atoms with Gasteiger partial charge < -0.3 is 4.90 Å². The van der Waals surface area contributed by atoms with Crippen molar-refractivity contribution in [3.8, 4) is 0 Å². The molecule has 0 unspecified atom stereocenters. The minimum absolute atomic E-state index is 0.0350. The minimum atomic E-state index is -3.52. The standard InChI is InChI=1S/C18H19N3O4S/c22-21(23)18-9-5-4-8-17(18)19-11-13-20(14-12-19)26(24,25)15-10-16-6-2-1-3-7-16/h1-10,15H,11-14H2/b15-10+. The highest BCUT2D eigenvalue weighted by Crippen LogP contribution is 2.28. The Morgan fingerprint density at radius 2 is 1.54 bits per heavy atom. The highest BCUT2D eigenvalue weighted by molar-refractivity contribution is 7.92. The number of nitrogens with zero attached hydrogens (tertiary/aromatic N) is 3. The maximum absolute atomic E-state index is 12.5. The van der Waals surface area contributed by atoms with Crippen molar-refractivity contribution in [2.75, 3.05) is 31.1 Å². The van der Waals surface area contributed by atoms with E-state index in [2.05, 4.69) is 0 Å². The van der Waals surface area contributed by atoms with Gasteiger partial charge in [0.15, 0.2) is 0 Å². The predicted molar refractivity (Wildman–Crippen MR) is 101 cm³/mol. The predicted octanol–water partition coefficient (Wildman–Crippen LogP) is 2.72. The second kappa shape index (κ2) is 7.67. The second-order valence-electron chi connectivity index (χ2n) is 5.89. The Balaban J connectivity index is 1.68. The first kappa shape index (κ1) is 18.1. The van der Waals surface area contributed by atoms with Crippen LogP contribution < -0.4 is 4.90 Å². The number of piperazine rings is 1. The molecule has 8 heteroatoms. The summed E-state index contributed by atoms with van der Waals surface area (Å²) < 4.78 is 26.4. The van der Waals surface area contributed by atoms with Gasteiger partial charge in [-0.15, -0.1) is 0 Å². The number of benzene rings is 2. The van der Waals surface area contributed by atoms with Crippen LogP contribution in [0, 0.1) is 10.1 Å². The van der Waals surface area contributed by atoms with Crippen LogP contribution in [-0.4, -0.2) is 43.8 Å². The third-order valence-corrected chi connectivity index (χ3v) is 5.81. The molecule has 0 radical (unpaired) electrons. The molecule has 7 nitrogen and oxygen atoms in total. The van der Waals surface area contributed by atoms with E-state index in [0.29, 0.717) is 18.8 Å². The third-order valence-electron chi connectivity index (χ3n) is 4.25. The first-order valence-electron chi connectivity index (χ1n) is 8.19. The summed E-state index contributed by atoms with van der Waals surface area (Å²) in [4.78, 5) is 12.6. The molecule has 1 heterocycles. The van der Waals surface area contributed by atoms with Crippen LogP contribution in [0.1, 0.15) is 5.56 Å². The molecule has 1 saturated heterocycles. The van der Waals surface area contributed by atoms with Gasteiger partial charge in [-0.1, -0.05) is 42.5 Å². The molecular formula is C18H19N3O4S. The molecule has 0 saturated carbocycles. The third kappa shape index (κ3) is 4.09. The van der Waals surface area contributed by atoms with E-state index in [1.807, 2.05) is 35.2 Å². The molecule has 136 valence electrons. The van der Waals surface area contributed by atoms with Gasteiger partial charge in [0.1, 0.15) is 5.69 Å². The summed E-state index contributed by atoms with van der Waals surface area (Å²) in [6.45, 7) is 1.38. The molecule has 0 atom stereocenters. The maximum atomic E-state index is 12.5. The van der Waals surface area contributed by atoms with E-state index in [1.54, 1.807) is 24.3 Å². The molecule has 2 aromatic carbocycles. The fourth-order valence-electron chi connectivity index (χ4n) is 2.88. The van der Waals surface area contributed by atoms with Gasteiger partial charge >= 0.3 is 0 Å². The fourth-order valence-corrected chi connectivity index (χ4v) is 4.06. The Kier molecular flexibility index (Phi) is 5.34. The number of nitro benzene ring substituents is 1. The number of rotatable bonds is 5. The van der Waals surface area contributed by atoms with Crippen LogP contribution in [0.4, 0.5) is 11.4 Å². The number of para-hydroxylation sites is 2. The van der Waals surface area contributed by atoms with Crippen LogP contribution in [0.2, 0.25) is 0 Å². The zero-order valence-corrected chi connectivity index (χ0v) is 14.9. The van der Waals surface area contributed by atoms with E-state index in [9.17, 15) is 18.5 Å². The molecule has 3 rings (SSSR count). The molecule has 26 heavy (non-hydrogen) atoms. The van der Waals surface area contributed by atoms with Gasteiger partial charge in [0.2, 0.25) is 10.0 Å². The summed E-state index contributed by atoms with van der Waals surface area (Å²) in [6.07, 6.45) is 1.57. The molecule has 0 N–H and O–H groups in total. The molecule has 1 aliphatic rings. The summed E-state index contributed by atoms with van der Waals surface area (Å²) >= 11 is 0. The Bertz CT molecular complexity index is 905. The first-order valence-corrected chi connectivity index (χ1v) is 9.69. The van der Waals surface area contributed by atoms with Crippen molar-refractivity contribution in [2.45, 2.75) is 0 Å². The molecule has 2 aromatic rings. The normalized spacial score (nSPS) is 16.1. The SMILES string of the molecule is O=[N+]([O-])c1ccccc1N1CCN(S(=O)(=O)/C=C/c2ccccc2)CC1. The van der Waals surface area contributed by atoms with E-state index in [4.69, 9.17) is 0 Å². The van der Waals surface area contributed by atoms with Crippen molar-refractivity contribution in [3.63, 3.8) is 0 Å². The van der Waals surface area contributed by atoms with Gasteiger partial charge in [0, 0.05) is 37.7 Å². The van der Waals surface area contributed by atoms with Gasteiger partial charge in [-0.3, -0.25) is 10.1 Å². The summed E-state index contributed by atoms with van der Waals surface area (Å²) in [5.74, 6) is 0. The first-order chi connectivity index (χ1) is 12.5. The Morgan fingerprint density at radius 3 is 2.19 bits per heavy atom. The second-order valence-corrected chi connectivity index (χ2v) is 7.71. The molecule has 1 aliphatic heterocycles. The van der Waals surface area contributed by atoms with Gasteiger partial charge in [0.05, 0.1) is 4.92 Å². The van der Waals surface area contributed by atoms with Crippen LogP contribution in [0.3, 0.4) is 0 Å². The number of anilines is 1. The van der Waals surface area contributed by atoms with Crippen molar-refractivity contribution in [2.24, 2.45) is 0 Å². The van der Waals surface area contributed by atoms with Crippen LogP contribution in [-0.2, 0) is 10.0 Å². The minimum Gasteiger partial charge on any atom is -0.363 e. The van der Waals surface area contributed by atoms with Gasteiger partial charge in [-0.05, 0) is 17.7 Å². The number of sulfonamides is 1. The zero-order chi connectivity index (χ0) is 18.6. The van der Waals surface area contributed by atoms with Gasteiger partial charge in [-0.25, -0.2) is 8.42 Å². The van der Waals surface area contributed by atoms with Gasteiger partial charge in [0.25, 0.3) is 5.69 Å². The smallest absolute Gasteiger partial charge is 0.292 e. The van der Waals surface area contributed by atoms with E-state index in [-0.39, 0.29) is 18.8 Å². The maximum Gasteiger partial charge on any atom is 0.292 e. The molecule has 0 aromatic heterocycles. The Morgan fingerprint density at radius 1 is 0.923 bits per heavy atom. The fraction of sp³-hybridized carbons (Fsp3) is 0.222. The lowest BCUT2D eigenvalue weighted by Crippen LogP contribution is -2.48. The molecule has 0 amide bonds. The van der Waals surface area contributed by atoms with Gasteiger partial charge in [-0.2, -0.15) is 4.31 Å². The number of hydrogen-bond acceptors (Lipinski definition) is 5. The monoisotopic (exact) mass is 373 g/mol. The number of hydrogen-bond donors (Lipinski definition) is 0. The lowest BCUT2D eigenvalue weighted by Gasteiger charge is -2.34. The van der Waals surface area contributed by atoms with E-state index in [0.717, 1.165) is 5.56 Å². The number of nitro groups is 1. The van der Waals surface area contributed by atoms with Crippen LogP contribution in [0.15, 0.2) is 60.0 Å². The topological polar surface area (TPSA) is 83.8 Å². The summed E-state index contributed by atoms with van der Waals surface area (Å²) in [5, 5.41) is 12.4. The van der Waals surface area contributed by atoms with E-state index < -0.39 is 14.9 Å². The summed E-state index contributed by atoms with van der Waals surface area (Å²) in [5.41, 5.74) is 1.37. The van der Waals surface area contributed by atoms with Crippen molar-refractivity contribution in [1.82, 2.24) is 4.31 Å². The average Bonchev–Trinajstić information content (AvgIpc) is 2.67. The Labute approximate surface area is 152 Å². The quantitative estimate of drug-likeness (QED) is 0.594. The van der Waals surface area contributed by atoms with Crippen LogP contribution >= 0.6 is 0 Å². The Hall–Kier alpha value is -2.71. The molecular weight excluding hydrogens is 354 g/mol. The molecule has 0 aliphatic carbocycles. The highest BCUT2D eigenvalue weighted by atomic mass is 32.2. The van der Waals surface area contributed by atoms with E-state index >= 15 is 0 Å². The average molecular weight is 373 g/mol. The highest BCUT2D eigenvalue weighted by Gasteiger charge is 2.27. The molecule has 0 spiro atoms. The van der Waals surface area contributed by atoms with Crippen LogP contribution in [0.25, 0.3) is 6.08 Å². The van der Waals surface area contributed by atoms with Crippen molar-refractivity contribution in [3.05, 3.63) is 75.7 Å². The zero-order valence-electron chi connectivity index (χ0n) is 14.1. The largest absolute Gasteiger partial charge is 0.363 e. The lowest BCUT2D eigenvalue weighted by molar-refractivity contribution is -0.384. The van der Waals surface area contributed by atoms with Crippen molar-refractivity contribution < 1.29 is 13.3 Å².